The maximum absolute atomic E-state index is 4.84. The zero-order valence-electron chi connectivity index (χ0n) is 10.3. The normalized spacial score (nSPS) is 20.2. The van der Waals surface area contributed by atoms with E-state index in [9.17, 15) is 0 Å². The molecule has 1 aromatic heterocycles. The first-order valence-electron chi connectivity index (χ1n) is 6.56. The molecular weight excluding hydrogens is 210 g/mol. The van der Waals surface area contributed by atoms with E-state index in [4.69, 9.17) is 4.98 Å². The van der Waals surface area contributed by atoms with Crippen molar-refractivity contribution in [3.63, 3.8) is 0 Å². The van der Waals surface area contributed by atoms with Crippen molar-refractivity contribution in [2.24, 2.45) is 0 Å². The summed E-state index contributed by atoms with van der Waals surface area (Å²) in [6.45, 7) is 5.50. The molecule has 3 heteroatoms. The lowest BCUT2D eigenvalue weighted by Crippen LogP contribution is -2.12. The number of para-hydroxylation sites is 2. The third-order valence-electron chi connectivity index (χ3n) is 3.56. The summed E-state index contributed by atoms with van der Waals surface area (Å²) in [5.74, 6) is 1.87. The molecule has 0 bridgehead atoms. The molecule has 1 fully saturated rings. The van der Waals surface area contributed by atoms with Crippen molar-refractivity contribution in [3.8, 4) is 0 Å². The molecule has 0 aliphatic carbocycles. The Labute approximate surface area is 102 Å². The standard InChI is InChI=1S/C14H19N3/c1-2-9-17-13-6-4-3-5-12(13)16-14(17)11-7-8-15-10-11/h3-6,11,15H,2,7-10H2,1H3. The predicted molar refractivity (Wildman–Crippen MR) is 70.3 cm³/mol. The molecule has 0 radical (unpaired) electrons. The van der Waals surface area contributed by atoms with Gasteiger partial charge in [-0.05, 0) is 31.5 Å². The van der Waals surface area contributed by atoms with E-state index in [1.54, 1.807) is 0 Å². The molecule has 1 unspecified atom stereocenters. The summed E-state index contributed by atoms with van der Waals surface area (Å²) in [6.07, 6.45) is 2.38. The molecular formula is C14H19N3. The van der Waals surface area contributed by atoms with Crippen molar-refractivity contribution in [1.29, 1.82) is 0 Å². The molecule has 2 heterocycles. The van der Waals surface area contributed by atoms with E-state index in [0.717, 1.165) is 31.6 Å². The molecule has 0 spiro atoms. The highest BCUT2D eigenvalue weighted by Gasteiger charge is 2.22. The SMILES string of the molecule is CCCn1c(C2CCNC2)nc2ccccc21. The minimum absolute atomic E-state index is 0.592. The molecule has 1 N–H and O–H groups in total. The van der Waals surface area contributed by atoms with E-state index < -0.39 is 0 Å². The van der Waals surface area contributed by atoms with Crippen LogP contribution in [0.4, 0.5) is 0 Å². The number of aromatic nitrogens is 2. The second-order valence-electron chi connectivity index (χ2n) is 4.80. The van der Waals surface area contributed by atoms with E-state index in [2.05, 4.69) is 41.1 Å². The van der Waals surface area contributed by atoms with Gasteiger partial charge in [-0.2, -0.15) is 0 Å². The van der Waals surface area contributed by atoms with Gasteiger partial charge in [0.15, 0.2) is 0 Å². The first-order valence-corrected chi connectivity index (χ1v) is 6.56. The Kier molecular flexibility index (Phi) is 2.85. The molecule has 0 amide bonds. The maximum atomic E-state index is 4.84. The summed E-state index contributed by atoms with van der Waals surface area (Å²) in [5, 5.41) is 3.43. The minimum Gasteiger partial charge on any atom is -0.328 e. The van der Waals surface area contributed by atoms with Crippen molar-refractivity contribution in [2.75, 3.05) is 13.1 Å². The van der Waals surface area contributed by atoms with Gasteiger partial charge in [0.25, 0.3) is 0 Å². The summed E-state index contributed by atoms with van der Waals surface area (Å²) < 4.78 is 2.41. The van der Waals surface area contributed by atoms with Gasteiger partial charge >= 0.3 is 0 Å². The van der Waals surface area contributed by atoms with Crippen LogP contribution in [0.3, 0.4) is 0 Å². The van der Waals surface area contributed by atoms with Crippen LogP contribution < -0.4 is 5.32 Å². The van der Waals surface area contributed by atoms with Gasteiger partial charge in [-0.1, -0.05) is 19.1 Å². The van der Waals surface area contributed by atoms with Crippen LogP contribution in [0.5, 0.6) is 0 Å². The Balaban J connectivity index is 2.11. The Hall–Kier alpha value is -1.35. The fraction of sp³-hybridized carbons (Fsp3) is 0.500. The molecule has 90 valence electrons. The van der Waals surface area contributed by atoms with Crippen LogP contribution in [0.1, 0.15) is 31.5 Å². The van der Waals surface area contributed by atoms with Crippen LogP contribution in [0.15, 0.2) is 24.3 Å². The predicted octanol–water partition coefficient (Wildman–Crippen LogP) is 2.52. The van der Waals surface area contributed by atoms with Gasteiger partial charge in [0.05, 0.1) is 11.0 Å². The van der Waals surface area contributed by atoms with Crippen LogP contribution in [-0.2, 0) is 6.54 Å². The first-order chi connectivity index (χ1) is 8.40. The van der Waals surface area contributed by atoms with Gasteiger partial charge in [0, 0.05) is 19.0 Å². The third kappa shape index (κ3) is 1.84. The monoisotopic (exact) mass is 229 g/mol. The number of aryl methyl sites for hydroxylation is 1. The van der Waals surface area contributed by atoms with E-state index in [-0.39, 0.29) is 0 Å². The molecule has 1 aliphatic heterocycles. The third-order valence-corrected chi connectivity index (χ3v) is 3.56. The quantitative estimate of drug-likeness (QED) is 0.876. The fourth-order valence-corrected chi connectivity index (χ4v) is 2.74. The highest BCUT2D eigenvalue weighted by molar-refractivity contribution is 5.76. The molecule has 1 saturated heterocycles. The molecule has 2 aromatic rings. The van der Waals surface area contributed by atoms with E-state index in [1.807, 2.05) is 0 Å². The second-order valence-corrected chi connectivity index (χ2v) is 4.80. The number of fused-ring (bicyclic) bond motifs is 1. The van der Waals surface area contributed by atoms with Crippen LogP contribution in [0, 0.1) is 0 Å². The fourth-order valence-electron chi connectivity index (χ4n) is 2.74. The van der Waals surface area contributed by atoms with Crippen LogP contribution >= 0.6 is 0 Å². The van der Waals surface area contributed by atoms with Gasteiger partial charge < -0.3 is 9.88 Å². The number of hydrogen-bond donors (Lipinski definition) is 1. The maximum Gasteiger partial charge on any atom is 0.114 e. The van der Waals surface area contributed by atoms with E-state index >= 15 is 0 Å². The zero-order valence-corrected chi connectivity index (χ0v) is 10.3. The summed E-state index contributed by atoms with van der Waals surface area (Å²) in [6, 6.07) is 8.48. The molecule has 1 aromatic carbocycles. The van der Waals surface area contributed by atoms with Gasteiger partial charge in [0.2, 0.25) is 0 Å². The lowest BCUT2D eigenvalue weighted by atomic mass is 10.1. The van der Waals surface area contributed by atoms with E-state index in [0.29, 0.717) is 5.92 Å². The van der Waals surface area contributed by atoms with Crippen LogP contribution in [0.25, 0.3) is 11.0 Å². The van der Waals surface area contributed by atoms with Gasteiger partial charge in [-0.25, -0.2) is 4.98 Å². The number of nitrogens with one attached hydrogen (secondary N) is 1. The first kappa shape index (κ1) is 10.8. The number of nitrogens with zero attached hydrogens (tertiary/aromatic N) is 2. The van der Waals surface area contributed by atoms with Crippen molar-refractivity contribution >= 4 is 11.0 Å². The highest BCUT2D eigenvalue weighted by atomic mass is 15.1. The summed E-state index contributed by atoms with van der Waals surface area (Å²) in [4.78, 5) is 4.84. The smallest absolute Gasteiger partial charge is 0.114 e. The number of hydrogen-bond acceptors (Lipinski definition) is 2. The Bertz CT molecular complexity index is 509. The second kappa shape index (κ2) is 4.49. The Morgan fingerprint density at radius 2 is 2.29 bits per heavy atom. The average Bonchev–Trinajstić information content (AvgIpc) is 2.97. The summed E-state index contributed by atoms with van der Waals surface area (Å²) in [7, 11) is 0. The average molecular weight is 229 g/mol. The molecule has 3 nitrogen and oxygen atoms in total. The molecule has 1 aliphatic rings. The Morgan fingerprint density at radius 1 is 1.41 bits per heavy atom. The van der Waals surface area contributed by atoms with Gasteiger partial charge in [-0.15, -0.1) is 0 Å². The number of imidazole rings is 1. The zero-order chi connectivity index (χ0) is 11.7. The van der Waals surface area contributed by atoms with Crippen molar-refractivity contribution in [3.05, 3.63) is 30.1 Å². The van der Waals surface area contributed by atoms with Crippen molar-refractivity contribution < 1.29 is 0 Å². The van der Waals surface area contributed by atoms with Crippen molar-refractivity contribution in [2.45, 2.75) is 32.2 Å². The van der Waals surface area contributed by atoms with Crippen LogP contribution in [-0.4, -0.2) is 22.6 Å². The Morgan fingerprint density at radius 3 is 3.06 bits per heavy atom. The topological polar surface area (TPSA) is 29.9 Å². The molecule has 3 rings (SSSR count). The molecule has 1 atom stereocenters. The number of rotatable bonds is 3. The highest BCUT2D eigenvalue weighted by Crippen LogP contribution is 2.26. The van der Waals surface area contributed by atoms with E-state index in [1.165, 1.54) is 17.8 Å². The minimum atomic E-state index is 0.592. The number of benzene rings is 1. The van der Waals surface area contributed by atoms with Gasteiger partial charge in [0.1, 0.15) is 5.82 Å². The summed E-state index contributed by atoms with van der Waals surface area (Å²) >= 11 is 0. The van der Waals surface area contributed by atoms with Crippen LogP contribution in [0.2, 0.25) is 0 Å². The molecule has 0 saturated carbocycles. The van der Waals surface area contributed by atoms with Gasteiger partial charge in [-0.3, -0.25) is 0 Å². The largest absolute Gasteiger partial charge is 0.328 e. The van der Waals surface area contributed by atoms with Crippen molar-refractivity contribution in [1.82, 2.24) is 14.9 Å². The summed E-state index contributed by atoms with van der Waals surface area (Å²) in [5.41, 5.74) is 2.43. The lowest BCUT2D eigenvalue weighted by molar-refractivity contribution is 0.601. The lowest BCUT2D eigenvalue weighted by Gasteiger charge is -2.12. The molecule has 17 heavy (non-hydrogen) atoms.